The number of nitrogens with zero attached hydrogens (tertiary/aromatic N) is 2. The highest BCUT2D eigenvalue weighted by atomic mass is 32.2. The first-order valence-corrected chi connectivity index (χ1v) is 17.5. The summed E-state index contributed by atoms with van der Waals surface area (Å²) in [7, 11) is 0.384. The number of aromatic nitrogens is 1. The molecule has 2 aliphatic carbocycles. The predicted molar refractivity (Wildman–Crippen MR) is 174 cm³/mol. The highest BCUT2D eigenvalue weighted by Gasteiger charge is 2.64. The lowest BCUT2D eigenvalue weighted by Gasteiger charge is -2.24. The Morgan fingerprint density at radius 3 is 2.59 bits per heavy atom. The van der Waals surface area contributed by atoms with Crippen LogP contribution in [-0.4, -0.2) is 69.9 Å². The number of rotatable bonds is 12. The Labute approximate surface area is 269 Å². The molecule has 2 aromatic carbocycles. The molecule has 2 fully saturated rings. The van der Waals surface area contributed by atoms with Crippen molar-refractivity contribution in [1.29, 1.82) is 0 Å². The Kier molecular flexibility index (Phi) is 8.86. The number of amides is 2. The minimum atomic E-state index is -4.10. The molecule has 12 heteroatoms. The maximum Gasteiger partial charge on any atom is 0.314 e. The number of fused-ring (bicyclic) bond motifs is 7. The molecule has 0 bridgehead atoms. The second kappa shape index (κ2) is 12.7. The Hall–Kier alpha value is -3.90. The number of benzene rings is 2. The van der Waals surface area contributed by atoms with Crippen molar-refractivity contribution >= 4 is 39.4 Å². The number of ether oxygens (including phenoxy) is 2. The molecule has 11 nitrogen and oxygen atoms in total. The average molecular weight is 651 g/mol. The second-order valence-electron chi connectivity index (χ2n) is 12.8. The van der Waals surface area contributed by atoms with Crippen LogP contribution in [0.3, 0.4) is 0 Å². The fraction of sp³-hybridized carbons (Fsp3) is 0.500. The lowest BCUT2D eigenvalue weighted by Crippen LogP contribution is -2.42. The van der Waals surface area contributed by atoms with Gasteiger partial charge in [0.2, 0.25) is 6.41 Å². The van der Waals surface area contributed by atoms with Gasteiger partial charge < -0.3 is 19.4 Å². The van der Waals surface area contributed by atoms with Gasteiger partial charge in [-0.2, -0.15) is 12.7 Å². The minimum absolute atomic E-state index is 0.0272. The van der Waals surface area contributed by atoms with Crippen LogP contribution in [0.1, 0.15) is 84.7 Å². The molecule has 2 amide bonds. The van der Waals surface area contributed by atoms with E-state index in [1.54, 1.807) is 19.2 Å². The largest absolute Gasteiger partial charge is 0.497 e. The van der Waals surface area contributed by atoms with E-state index in [9.17, 15) is 22.8 Å². The van der Waals surface area contributed by atoms with E-state index in [4.69, 9.17) is 9.47 Å². The Morgan fingerprint density at radius 2 is 1.87 bits per heavy atom. The molecule has 0 radical (unpaired) electrons. The van der Waals surface area contributed by atoms with E-state index in [1.807, 2.05) is 18.2 Å². The molecule has 2 heterocycles. The van der Waals surface area contributed by atoms with Crippen molar-refractivity contribution in [1.82, 2.24) is 18.9 Å². The van der Waals surface area contributed by atoms with E-state index >= 15 is 0 Å². The van der Waals surface area contributed by atoms with Gasteiger partial charge in [-0.05, 0) is 79.5 Å². The summed E-state index contributed by atoms with van der Waals surface area (Å²) >= 11 is 0. The molecule has 1 aliphatic heterocycles. The van der Waals surface area contributed by atoms with E-state index in [0.717, 1.165) is 63.5 Å². The topological polar surface area (TPSA) is 136 Å². The molecule has 3 aromatic rings. The zero-order valence-corrected chi connectivity index (χ0v) is 27.5. The molecule has 3 aliphatic rings. The summed E-state index contributed by atoms with van der Waals surface area (Å²) in [5, 5.41) is 3.57. The summed E-state index contributed by atoms with van der Waals surface area (Å²) in [5.41, 5.74) is 4.68. The van der Waals surface area contributed by atoms with Gasteiger partial charge in [0.05, 0.1) is 25.3 Å². The summed E-state index contributed by atoms with van der Waals surface area (Å²) in [5.74, 6) is 0.0416. The zero-order valence-electron chi connectivity index (χ0n) is 26.6. The van der Waals surface area contributed by atoms with Crippen LogP contribution in [0.4, 0.5) is 0 Å². The van der Waals surface area contributed by atoms with Crippen LogP contribution in [-0.2, 0) is 31.1 Å². The minimum Gasteiger partial charge on any atom is -0.497 e. The highest BCUT2D eigenvalue weighted by molar-refractivity contribution is 7.87. The first-order valence-electron chi connectivity index (χ1n) is 16.0. The first kappa shape index (κ1) is 32.1. The molecule has 0 saturated heterocycles. The highest BCUT2D eigenvalue weighted by Crippen LogP contribution is 2.66. The standard InChI is InChI=1S/C34H42N4O7S/c1-37(16-8-7-15-35-21-39)46(42,43)36-32(40)23-11-13-26-29(17-23)38-20-34(33(41)45-3)19-28(34)27-18-24(44-2)12-14-25(27)31(38)30(26)22-9-5-4-6-10-22/h11-14,17-18,21-22,28H,4-10,15-16,19-20H2,1-3H3,(H,35,39)(H,36,40). The third-order valence-electron chi connectivity index (χ3n) is 10.1. The molecule has 2 atom stereocenters. The van der Waals surface area contributed by atoms with Crippen LogP contribution in [0.5, 0.6) is 5.75 Å². The number of nitrogens with one attached hydrogen (secondary N) is 2. The maximum absolute atomic E-state index is 13.5. The van der Waals surface area contributed by atoms with Crippen molar-refractivity contribution in [2.75, 3.05) is 34.4 Å². The number of esters is 1. The Morgan fingerprint density at radius 1 is 1.09 bits per heavy atom. The van der Waals surface area contributed by atoms with Crippen LogP contribution in [0, 0.1) is 5.41 Å². The van der Waals surface area contributed by atoms with Gasteiger partial charge in [0.1, 0.15) is 5.75 Å². The van der Waals surface area contributed by atoms with E-state index in [0.29, 0.717) is 44.7 Å². The van der Waals surface area contributed by atoms with Gasteiger partial charge in [-0.15, -0.1) is 0 Å². The fourth-order valence-corrected chi connectivity index (χ4v) is 8.48. The van der Waals surface area contributed by atoms with Crippen LogP contribution in [0.2, 0.25) is 0 Å². The van der Waals surface area contributed by atoms with Gasteiger partial charge in [0.15, 0.2) is 0 Å². The number of hydrogen-bond acceptors (Lipinski definition) is 7. The maximum atomic E-state index is 13.5. The summed E-state index contributed by atoms with van der Waals surface area (Å²) in [6, 6.07) is 11.5. The lowest BCUT2D eigenvalue weighted by molar-refractivity contribution is -0.147. The van der Waals surface area contributed by atoms with Gasteiger partial charge in [-0.3, -0.25) is 14.4 Å². The van der Waals surface area contributed by atoms with Crippen LogP contribution in [0.15, 0.2) is 36.4 Å². The van der Waals surface area contributed by atoms with Crippen molar-refractivity contribution in [3.8, 4) is 17.0 Å². The summed E-state index contributed by atoms with van der Waals surface area (Å²) < 4.78 is 42.5. The SMILES string of the molecule is COC(=O)C12CC1c1cc(OC)ccc1-c1c(C3CCCCC3)c3ccc(C(=O)NS(=O)(=O)N(C)CCCCNC=O)cc3n1C2. The van der Waals surface area contributed by atoms with Crippen LogP contribution >= 0.6 is 0 Å². The molecule has 6 rings (SSSR count). The molecular weight excluding hydrogens is 608 g/mol. The predicted octanol–water partition coefficient (Wildman–Crippen LogP) is 4.46. The quantitative estimate of drug-likeness (QED) is 0.168. The molecule has 2 unspecified atom stereocenters. The molecule has 46 heavy (non-hydrogen) atoms. The molecule has 2 saturated carbocycles. The smallest absolute Gasteiger partial charge is 0.314 e. The van der Waals surface area contributed by atoms with Crippen molar-refractivity contribution in [3.63, 3.8) is 0 Å². The van der Waals surface area contributed by atoms with Crippen LogP contribution in [0.25, 0.3) is 22.2 Å². The van der Waals surface area contributed by atoms with Crippen LogP contribution < -0.4 is 14.8 Å². The average Bonchev–Trinajstić information content (AvgIpc) is 3.74. The number of carbonyl (C=O) groups excluding carboxylic acids is 3. The summed E-state index contributed by atoms with van der Waals surface area (Å²) in [6.07, 6.45) is 7.98. The third-order valence-corrected chi connectivity index (χ3v) is 11.6. The number of methoxy groups -OCH3 is 2. The number of carbonyl (C=O) groups is 3. The van der Waals surface area contributed by atoms with Crippen molar-refractivity contribution in [2.45, 2.75) is 69.7 Å². The zero-order chi connectivity index (χ0) is 32.6. The van der Waals surface area contributed by atoms with Gasteiger partial charge >= 0.3 is 16.2 Å². The first-order chi connectivity index (χ1) is 22.1. The molecule has 1 aromatic heterocycles. The van der Waals surface area contributed by atoms with E-state index in [2.05, 4.69) is 20.7 Å². The van der Waals surface area contributed by atoms with Gasteiger partial charge in [0.25, 0.3) is 5.91 Å². The monoisotopic (exact) mass is 650 g/mol. The molecular formula is C34H42N4O7S. The second-order valence-corrected chi connectivity index (χ2v) is 14.6. The lowest BCUT2D eigenvalue weighted by atomic mass is 9.81. The third kappa shape index (κ3) is 5.66. The fourth-order valence-electron chi connectivity index (χ4n) is 7.61. The summed E-state index contributed by atoms with van der Waals surface area (Å²) in [4.78, 5) is 37.3. The van der Waals surface area contributed by atoms with Crippen molar-refractivity contribution in [3.05, 3.63) is 53.1 Å². The normalized spacial score (nSPS) is 20.7. The number of unbranched alkanes of at least 4 members (excludes halogenated alkanes) is 1. The molecule has 2 N–H and O–H groups in total. The van der Waals surface area contributed by atoms with E-state index in [-0.39, 0.29) is 24.0 Å². The summed E-state index contributed by atoms with van der Waals surface area (Å²) in [6.45, 7) is 1.04. The molecule has 0 spiro atoms. The Balaban J connectivity index is 1.43. The van der Waals surface area contributed by atoms with Crippen molar-refractivity contribution < 1.29 is 32.3 Å². The Bertz CT molecular complexity index is 1780. The van der Waals surface area contributed by atoms with Gasteiger partial charge in [-0.1, -0.05) is 25.3 Å². The van der Waals surface area contributed by atoms with Gasteiger partial charge in [-0.25, -0.2) is 4.72 Å². The van der Waals surface area contributed by atoms with Gasteiger partial charge in [0, 0.05) is 54.6 Å². The van der Waals surface area contributed by atoms with Crippen molar-refractivity contribution in [2.24, 2.45) is 5.41 Å². The van der Waals surface area contributed by atoms with E-state index < -0.39 is 21.5 Å². The number of hydrogen-bond donors (Lipinski definition) is 2. The van der Waals surface area contributed by atoms with E-state index in [1.165, 1.54) is 26.1 Å². The molecule has 246 valence electrons.